The summed E-state index contributed by atoms with van der Waals surface area (Å²) < 4.78 is 11.2. The van der Waals surface area contributed by atoms with Gasteiger partial charge in [-0.05, 0) is 74.2 Å². The molecule has 0 atom stereocenters. The molecule has 1 saturated carbocycles. The van der Waals surface area contributed by atoms with Crippen LogP contribution in [0.15, 0.2) is 42.5 Å². The summed E-state index contributed by atoms with van der Waals surface area (Å²) in [5, 5.41) is 3.53. The Bertz CT molecular complexity index is 618. The Balaban J connectivity index is 1.57. The SMILES string of the molecule is COc1ccc(Oc2ccc(CCNC3CC3)cc2)c(C)c1. The van der Waals surface area contributed by atoms with Crippen molar-refractivity contribution in [3.63, 3.8) is 0 Å². The van der Waals surface area contributed by atoms with Gasteiger partial charge in [0.2, 0.25) is 0 Å². The highest BCUT2D eigenvalue weighted by atomic mass is 16.5. The number of ether oxygens (including phenoxy) is 2. The predicted octanol–water partition coefficient (Wildman–Crippen LogP) is 4.09. The quantitative estimate of drug-likeness (QED) is 0.835. The van der Waals surface area contributed by atoms with Crippen molar-refractivity contribution in [1.29, 1.82) is 0 Å². The van der Waals surface area contributed by atoms with Crippen LogP contribution in [-0.2, 0) is 6.42 Å². The third-order valence-corrected chi connectivity index (χ3v) is 3.96. The van der Waals surface area contributed by atoms with Crippen LogP contribution in [0.25, 0.3) is 0 Å². The average Bonchev–Trinajstić information content (AvgIpc) is 3.35. The Morgan fingerprint density at radius 1 is 1.05 bits per heavy atom. The van der Waals surface area contributed by atoms with Crippen LogP contribution in [0.4, 0.5) is 0 Å². The molecule has 3 heteroatoms. The second-order valence-electron chi connectivity index (χ2n) is 5.86. The summed E-state index contributed by atoms with van der Waals surface area (Å²) in [6.07, 6.45) is 3.75. The number of methoxy groups -OCH3 is 1. The first-order chi connectivity index (χ1) is 10.7. The number of benzene rings is 2. The molecule has 1 aliphatic carbocycles. The van der Waals surface area contributed by atoms with Gasteiger partial charge in [-0.3, -0.25) is 0 Å². The van der Waals surface area contributed by atoms with Gasteiger partial charge in [0.05, 0.1) is 7.11 Å². The zero-order valence-corrected chi connectivity index (χ0v) is 13.3. The Morgan fingerprint density at radius 2 is 1.77 bits per heavy atom. The topological polar surface area (TPSA) is 30.5 Å². The van der Waals surface area contributed by atoms with Crippen LogP contribution in [0.5, 0.6) is 17.2 Å². The molecule has 1 N–H and O–H groups in total. The van der Waals surface area contributed by atoms with Crippen LogP contribution in [0.2, 0.25) is 0 Å². The Morgan fingerprint density at radius 3 is 2.41 bits per heavy atom. The monoisotopic (exact) mass is 297 g/mol. The average molecular weight is 297 g/mol. The van der Waals surface area contributed by atoms with E-state index in [-0.39, 0.29) is 0 Å². The Labute approximate surface area is 132 Å². The molecule has 2 aromatic rings. The fraction of sp³-hybridized carbons (Fsp3) is 0.368. The molecule has 0 spiro atoms. The van der Waals surface area contributed by atoms with Crippen LogP contribution < -0.4 is 14.8 Å². The van der Waals surface area contributed by atoms with E-state index >= 15 is 0 Å². The summed E-state index contributed by atoms with van der Waals surface area (Å²) in [5.74, 6) is 2.58. The fourth-order valence-corrected chi connectivity index (χ4v) is 2.42. The van der Waals surface area contributed by atoms with Gasteiger partial charge in [0.15, 0.2) is 0 Å². The molecule has 0 unspecified atom stereocenters. The molecule has 0 aromatic heterocycles. The lowest BCUT2D eigenvalue weighted by atomic mass is 10.1. The van der Waals surface area contributed by atoms with Crippen LogP contribution in [0.1, 0.15) is 24.0 Å². The molecular formula is C19H23NO2. The van der Waals surface area contributed by atoms with E-state index in [0.717, 1.165) is 41.8 Å². The van der Waals surface area contributed by atoms with Gasteiger partial charge in [-0.25, -0.2) is 0 Å². The maximum Gasteiger partial charge on any atom is 0.130 e. The molecular weight excluding hydrogens is 274 g/mol. The van der Waals surface area contributed by atoms with Crippen molar-refractivity contribution in [2.45, 2.75) is 32.2 Å². The van der Waals surface area contributed by atoms with Gasteiger partial charge in [-0.15, -0.1) is 0 Å². The molecule has 2 aromatic carbocycles. The van der Waals surface area contributed by atoms with E-state index in [1.807, 2.05) is 37.3 Å². The van der Waals surface area contributed by atoms with E-state index in [1.165, 1.54) is 18.4 Å². The number of nitrogens with one attached hydrogen (secondary N) is 1. The minimum absolute atomic E-state index is 0.778. The fourth-order valence-electron chi connectivity index (χ4n) is 2.42. The first-order valence-corrected chi connectivity index (χ1v) is 7.89. The van der Waals surface area contributed by atoms with Gasteiger partial charge < -0.3 is 14.8 Å². The molecule has 0 amide bonds. The van der Waals surface area contributed by atoms with E-state index in [2.05, 4.69) is 17.4 Å². The largest absolute Gasteiger partial charge is 0.497 e. The zero-order chi connectivity index (χ0) is 15.4. The third-order valence-electron chi connectivity index (χ3n) is 3.96. The lowest BCUT2D eigenvalue weighted by Crippen LogP contribution is -2.19. The first-order valence-electron chi connectivity index (χ1n) is 7.89. The minimum Gasteiger partial charge on any atom is -0.497 e. The van der Waals surface area contributed by atoms with E-state index < -0.39 is 0 Å². The number of hydrogen-bond donors (Lipinski definition) is 1. The van der Waals surface area contributed by atoms with Crippen LogP contribution in [-0.4, -0.2) is 19.7 Å². The van der Waals surface area contributed by atoms with Crippen LogP contribution >= 0.6 is 0 Å². The summed E-state index contributed by atoms with van der Waals surface area (Å²) in [6, 6.07) is 15.0. The van der Waals surface area contributed by atoms with Gasteiger partial charge in [0.25, 0.3) is 0 Å². The van der Waals surface area contributed by atoms with Crippen molar-refractivity contribution in [2.75, 3.05) is 13.7 Å². The predicted molar refractivity (Wildman–Crippen MR) is 89.0 cm³/mol. The summed E-state index contributed by atoms with van der Waals surface area (Å²) in [7, 11) is 1.67. The van der Waals surface area contributed by atoms with Gasteiger partial charge in [0, 0.05) is 6.04 Å². The van der Waals surface area contributed by atoms with Crippen LogP contribution in [0, 0.1) is 6.92 Å². The zero-order valence-electron chi connectivity index (χ0n) is 13.3. The Hall–Kier alpha value is -2.00. The molecule has 3 nitrogen and oxygen atoms in total. The smallest absolute Gasteiger partial charge is 0.130 e. The number of hydrogen-bond acceptors (Lipinski definition) is 3. The summed E-state index contributed by atoms with van der Waals surface area (Å²) in [5.41, 5.74) is 2.41. The van der Waals surface area contributed by atoms with Crippen molar-refractivity contribution in [3.8, 4) is 17.2 Å². The summed E-state index contributed by atoms with van der Waals surface area (Å²) in [6.45, 7) is 3.08. The van der Waals surface area contributed by atoms with Gasteiger partial charge in [0.1, 0.15) is 17.2 Å². The number of aryl methyl sites for hydroxylation is 1. The molecule has 0 aliphatic heterocycles. The molecule has 1 fully saturated rings. The van der Waals surface area contributed by atoms with Crippen molar-refractivity contribution in [3.05, 3.63) is 53.6 Å². The van der Waals surface area contributed by atoms with Crippen LogP contribution in [0.3, 0.4) is 0 Å². The van der Waals surface area contributed by atoms with Crippen molar-refractivity contribution in [1.82, 2.24) is 5.32 Å². The Kier molecular flexibility index (Phi) is 4.64. The molecule has 3 rings (SSSR count). The highest BCUT2D eigenvalue weighted by Gasteiger charge is 2.19. The number of rotatable bonds is 7. The molecule has 0 heterocycles. The van der Waals surface area contributed by atoms with Crippen molar-refractivity contribution >= 4 is 0 Å². The first kappa shape index (κ1) is 14.9. The third kappa shape index (κ3) is 4.01. The van der Waals surface area contributed by atoms with Crippen molar-refractivity contribution in [2.24, 2.45) is 0 Å². The normalized spacial score (nSPS) is 13.9. The van der Waals surface area contributed by atoms with Gasteiger partial charge in [-0.1, -0.05) is 12.1 Å². The summed E-state index contributed by atoms with van der Waals surface area (Å²) >= 11 is 0. The molecule has 116 valence electrons. The molecule has 22 heavy (non-hydrogen) atoms. The van der Waals surface area contributed by atoms with Crippen molar-refractivity contribution < 1.29 is 9.47 Å². The summed E-state index contributed by atoms with van der Waals surface area (Å²) in [4.78, 5) is 0. The maximum atomic E-state index is 5.95. The molecule has 1 aliphatic rings. The minimum atomic E-state index is 0.778. The molecule has 0 radical (unpaired) electrons. The van der Waals surface area contributed by atoms with E-state index in [0.29, 0.717) is 0 Å². The van der Waals surface area contributed by atoms with E-state index in [9.17, 15) is 0 Å². The molecule has 0 bridgehead atoms. The molecule has 0 saturated heterocycles. The second-order valence-corrected chi connectivity index (χ2v) is 5.86. The lowest BCUT2D eigenvalue weighted by Gasteiger charge is -2.11. The van der Waals surface area contributed by atoms with E-state index in [1.54, 1.807) is 7.11 Å². The standard InChI is InChI=1S/C19H23NO2/c1-14-13-18(21-2)9-10-19(14)22-17-7-3-15(4-8-17)11-12-20-16-5-6-16/h3-4,7-10,13,16,20H,5-6,11-12H2,1-2H3. The maximum absolute atomic E-state index is 5.95. The van der Waals surface area contributed by atoms with Gasteiger partial charge in [-0.2, -0.15) is 0 Å². The van der Waals surface area contributed by atoms with E-state index in [4.69, 9.17) is 9.47 Å². The van der Waals surface area contributed by atoms with Gasteiger partial charge >= 0.3 is 0 Å². The second kappa shape index (κ2) is 6.84. The lowest BCUT2D eigenvalue weighted by molar-refractivity contribution is 0.412. The highest BCUT2D eigenvalue weighted by Crippen LogP contribution is 2.28. The highest BCUT2D eigenvalue weighted by molar-refractivity contribution is 5.42.